The smallest absolute Gasteiger partial charge is 0.250 e. The molecule has 0 atom stereocenters. The normalized spacial score (nSPS) is 10.7. The predicted molar refractivity (Wildman–Crippen MR) is 80.3 cm³/mol. The second-order valence-electron chi connectivity index (χ2n) is 4.53. The summed E-state index contributed by atoms with van der Waals surface area (Å²) in [6.07, 6.45) is 1.14. The Labute approximate surface area is 115 Å². The van der Waals surface area contributed by atoms with Gasteiger partial charge in [-0.1, -0.05) is 13.8 Å². The Hall–Kier alpha value is -1.75. The summed E-state index contributed by atoms with van der Waals surface area (Å²) in [5.74, 6) is -0.441. The number of carbonyl (C=O) groups is 1. The highest BCUT2D eigenvalue weighted by Crippen LogP contribution is 2.18. The molecule has 0 bridgehead atoms. The van der Waals surface area contributed by atoms with Crippen LogP contribution < -0.4 is 16.8 Å². The Morgan fingerprint density at radius 3 is 2.63 bits per heavy atom. The van der Waals surface area contributed by atoms with Crippen LogP contribution in [0.5, 0.6) is 0 Å². The molecule has 0 fully saturated rings. The van der Waals surface area contributed by atoms with Crippen LogP contribution in [-0.2, 0) is 0 Å². The zero-order valence-electron chi connectivity index (χ0n) is 11.8. The van der Waals surface area contributed by atoms with Gasteiger partial charge >= 0.3 is 0 Å². The number of hydrogen-bond acceptors (Lipinski definition) is 4. The van der Waals surface area contributed by atoms with Crippen molar-refractivity contribution in [3.05, 3.63) is 23.8 Å². The summed E-state index contributed by atoms with van der Waals surface area (Å²) in [4.78, 5) is 13.7. The molecule has 0 aromatic heterocycles. The van der Waals surface area contributed by atoms with Gasteiger partial charge in [0.15, 0.2) is 0 Å². The second kappa shape index (κ2) is 7.63. The van der Waals surface area contributed by atoms with Crippen molar-refractivity contribution in [2.24, 2.45) is 5.73 Å². The van der Waals surface area contributed by atoms with Crippen molar-refractivity contribution in [1.29, 1.82) is 0 Å². The summed E-state index contributed by atoms with van der Waals surface area (Å²) in [6.45, 7) is 8.10. The first kappa shape index (κ1) is 15.3. The molecule has 0 aliphatic carbocycles. The number of nitrogens with one attached hydrogen (secondary N) is 1. The molecule has 5 heteroatoms. The summed E-state index contributed by atoms with van der Waals surface area (Å²) >= 11 is 0. The van der Waals surface area contributed by atoms with Crippen LogP contribution in [0.2, 0.25) is 0 Å². The highest BCUT2D eigenvalue weighted by atomic mass is 16.1. The molecule has 0 unspecified atom stereocenters. The van der Waals surface area contributed by atoms with Crippen molar-refractivity contribution in [2.45, 2.75) is 20.3 Å². The fraction of sp³-hybridized carbons (Fsp3) is 0.500. The number of benzene rings is 1. The summed E-state index contributed by atoms with van der Waals surface area (Å²) < 4.78 is 0. The number of likely N-dealkylation sites (N-methyl/N-ethyl adjacent to an activating group) is 1. The highest BCUT2D eigenvalue weighted by Gasteiger charge is 2.08. The van der Waals surface area contributed by atoms with Crippen LogP contribution in [0.1, 0.15) is 30.6 Å². The fourth-order valence-electron chi connectivity index (χ4n) is 2.02. The third kappa shape index (κ3) is 4.79. The maximum absolute atomic E-state index is 11.3. The molecule has 0 radical (unpaired) electrons. The lowest BCUT2D eigenvalue weighted by Crippen LogP contribution is -2.30. The van der Waals surface area contributed by atoms with Gasteiger partial charge in [-0.2, -0.15) is 0 Å². The van der Waals surface area contributed by atoms with Gasteiger partial charge < -0.3 is 21.7 Å². The molecule has 0 spiro atoms. The number of rotatable bonds is 8. The number of amides is 1. The SMILES string of the molecule is CCCN(CC)CCNc1cc(N)ccc1C(N)=O. The van der Waals surface area contributed by atoms with Gasteiger partial charge in [-0.15, -0.1) is 0 Å². The van der Waals surface area contributed by atoms with Gasteiger partial charge in [-0.25, -0.2) is 0 Å². The van der Waals surface area contributed by atoms with Gasteiger partial charge in [0.05, 0.1) is 5.56 Å². The predicted octanol–water partition coefficient (Wildman–Crippen LogP) is 1.51. The number of hydrogen-bond donors (Lipinski definition) is 3. The van der Waals surface area contributed by atoms with Gasteiger partial charge in [0.25, 0.3) is 5.91 Å². The molecule has 106 valence electrons. The molecule has 1 aromatic carbocycles. The van der Waals surface area contributed by atoms with E-state index in [0.29, 0.717) is 16.9 Å². The van der Waals surface area contributed by atoms with Crippen LogP contribution in [-0.4, -0.2) is 37.0 Å². The first-order chi connectivity index (χ1) is 9.08. The van der Waals surface area contributed by atoms with Gasteiger partial charge in [-0.3, -0.25) is 4.79 Å². The monoisotopic (exact) mass is 264 g/mol. The van der Waals surface area contributed by atoms with E-state index in [4.69, 9.17) is 11.5 Å². The molecule has 1 aromatic rings. The standard InChI is InChI=1S/C14H24N4O/c1-3-8-18(4-2)9-7-17-13-10-11(15)5-6-12(13)14(16)19/h5-6,10,17H,3-4,7-9,15H2,1-2H3,(H2,16,19). The first-order valence-electron chi connectivity index (χ1n) is 6.74. The van der Waals surface area contributed by atoms with Gasteiger partial charge in [0.2, 0.25) is 0 Å². The minimum Gasteiger partial charge on any atom is -0.399 e. The van der Waals surface area contributed by atoms with E-state index in [1.54, 1.807) is 18.2 Å². The third-order valence-corrected chi connectivity index (χ3v) is 3.04. The molecule has 5 nitrogen and oxygen atoms in total. The Morgan fingerprint density at radius 2 is 2.05 bits per heavy atom. The van der Waals surface area contributed by atoms with E-state index in [0.717, 1.165) is 32.6 Å². The lowest BCUT2D eigenvalue weighted by atomic mass is 10.1. The minimum atomic E-state index is -0.441. The molecule has 5 N–H and O–H groups in total. The molecule has 0 saturated carbocycles. The van der Waals surface area contributed by atoms with Gasteiger partial charge in [0.1, 0.15) is 0 Å². The third-order valence-electron chi connectivity index (χ3n) is 3.04. The lowest BCUT2D eigenvalue weighted by Gasteiger charge is -2.20. The van der Waals surface area contributed by atoms with Crippen molar-refractivity contribution >= 4 is 17.3 Å². The zero-order valence-corrected chi connectivity index (χ0v) is 11.8. The largest absolute Gasteiger partial charge is 0.399 e. The molecular formula is C14H24N4O. The van der Waals surface area contributed by atoms with Crippen LogP contribution >= 0.6 is 0 Å². The number of anilines is 2. The first-order valence-corrected chi connectivity index (χ1v) is 6.74. The van der Waals surface area contributed by atoms with Crippen molar-refractivity contribution in [2.75, 3.05) is 37.2 Å². The van der Waals surface area contributed by atoms with Crippen molar-refractivity contribution in [3.8, 4) is 0 Å². The van der Waals surface area contributed by atoms with Gasteiger partial charge in [0, 0.05) is 24.5 Å². The fourth-order valence-corrected chi connectivity index (χ4v) is 2.02. The summed E-state index contributed by atoms with van der Waals surface area (Å²) in [6, 6.07) is 5.08. The minimum absolute atomic E-state index is 0.441. The molecule has 1 rings (SSSR count). The van der Waals surface area contributed by atoms with Crippen LogP contribution in [0.4, 0.5) is 11.4 Å². The number of nitrogen functional groups attached to an aromatic ring is 1. The number of primary amides is 1. The van der Waals surface area contributed by atoms with Crippen LogP contribution in [0.15, 0.2) is 18.2 Å². The van der Waals surface area contributed by atoms with Crippen molar-refractivity contribution < 1.29 is 4.79 Å². The average Bonchev–Trinajstić information content (AvgIpc) is 2.37. The number of nitrogens with two attached hydrogens (primary N) is 2. The lowest BCUT2D eigenvalue weighted by molar-refractivity contribution is 0.100. The van der Waals surface area contributed by atoms with Crippen molar-refractivity contribution in [3.63, 3.8) is 0 Å². The highest BCUT2D eigenvalue weighted by molar-refractivity contribution is 5.99. The molecule has 0 aliphatic rings. The Kier molecular flexibility index (Phi) is 6.15. The van der Waals surface area contributed by atoms with E-state index in [-0.39, 0.29) is 0 Å². The van der Waals surface area contributed by atoms with Crippen LogP contribution in [0, 0.1) is 0 Å². The van der Waals surface area contributed by atoms with E-state index < -0.39 is 5.91 Å². The maximum atomic E-state index is 11.3. The topological polar surface area (TPSA) is 84.4 Å². The van der Waals surface area contributed by atoms with E-state index in [1.165, 1.54) is 0 Å². The van der Waals surface area contributed by atoms with E-state index >= 15 is 0 Å². The molecule has 19 heavy (non-hydrogen) atoms. The molecule has 1 amide bonds. The number of carbonyl (C=O) groups excluding carboxylic acids is 1. The Balaban J connectivity index is 2.61. The average molecular weight is 264 g/mol. The quantitative estimate of drug-likeness (QED) is 0.621. The molecular weight excluding hydrogens is 240 g/mol. The maximum Gasteiger partial charge on any atom is 0.250 e. The molecule has 0 saturated heterocycles. The van der Waals surface area contributed by atoms with E-state index in [9.17, 15) is 4.79 Å². The summed E-state index contributed by atoms with van der Waals surface area (Å²) in [7, 11) is 0. The van der Waals surface area contributed by atoms with Crippen LogP contribution in [0.25, 0.3) is 0 Å². The Bertz CT molecular complexity index is 420. The van der Waals surface area contributed by atoms with E-state index in [2.05, 4.69) is 24.1 Å². The van der Waals surface area contributed by atoms with E-state index in [1.807, 2.05) is 0 Å². The van der Waals surface area contributed by atoms with Crippen molar-refractivity contribution in [1.82, 2.24) is 4.90 Å². The Morgan fingerprint density at radius 1 is 1.32 bits per heavy atom. The second-order valence-corrected chi connectivity index (χ2v) is 4.53. The molecule has 0 aliphatic heterocycles. The number of nitrogens with zero attached hydrogens (tertiary/aromatic N) is 1. The summed E-state index contributed by atoms with van der Waals surface area (Å²) in [5, 5.41) is 3.24. The van der Waals surface area contributed by atoms with Gasteiger partial charge in [-0.05, 0) is 37.7 Å². The van der Waals surface area contributed by atoms with Crippen LogP contribution in [0.3, 0.4) is 0 Å². The summed E-state index contributed by atoms with van der Waals surface area (Å²) in [5.41, 5.74) is 12.9. The molecule has 0 heterocycles. The zero-order chi connectivity index (χ0) is 14.3.